The molecule has 2 rings (SSSR count). The molecule has 1 heterocycles. The minimum atomic E-state index is -0.0838. The van der Waals surface area contributed by atoms with Crippen LogP contribution in [-0.2, 0) is 0 Å². The van der Waals surface area contributed by atoms with Crippen LogP contribution in [0.3, 0.4) is 0 Å². The maximum Gasteiger partial charge on any atom is 0.263 e. The van der Waals surface area contributed by atoms with Crippen molar-refractivity contribution in [1.29, 1.82) is 0 Å². The summed E-state index contributed by atoms with van der Waals surface area (Å²) in [6, 6.07) is 0.330. The van der Waals surface area contributed by atoms with Crippen molar-refractivity contribution in [1.82, 2.24) is 5.32 Å². The lowest BCUT2D eigenvalue weighted by Gasteiger charge is -2.17. The quantitative estimate of drug-likeness (QED) is 0.839. The van der Waals surface area contributed by atoms with Gasteiger partial charge in [0.1, 0.15) is 15.6 Å². The Bertz CT molecular complexity index is 469. The van der Waals surface area contributed by atoms with Gasteiger partial charge in [-0.05, 0) is 19.3 Å². The number of rotatable bonds is 6. The largest absolute Gasteiger partial charge is 0.492 e. The Morgan fingerprint density at radius 1 is 1.58 bits per heavy atom. The molecule has 1 fully saturated rings. The van der Waals surface area contributed by atoms with Gasteiger partial charge in [0.2, 0.25) is 0 Å². The second-order valence-electron chi connectivity index (χ2n) is 4.85. The van der Waals surface area contributed by atoms with E-state index in [0.717, 1.165) is 30.8 Å². The molecule has 0 spiro atoms. The first-order valence-electron chi connectivity index (χ1n) is 6.56. The summed E-state index contributed by atoms with van der Waals surface area (Å²) < 4.78 is 5.36. The lowest BCUT2D eigenvalue weighted by Crippen LogP contribution is -2.25. The van der Waals surface area contributed by atoms with Crippen LogP contribution in [0.2, 0.25) is 0 Å². The molecule has 3 N–H and O–H groups in total. The number of amides is 1. The summed E-state index contributed by atoms with van der Waals surface area (Å²) in [5.74, 6) is 0.529. The zero-order valence-corrected chi connectivity index (χ0v) is 12.5. The van der Waals surface area contributed by atoms with Crippen LogP contribution < -0.4 is 20.7 Å². The molecule has 1 aromatic heterocycles. The van der Waals surface area contributed by atoms with Crippen LogP contribution >= 0.6 is 11.3 Å². The van der Waals surface area contributed by atoms with Gasteiger partial charge in [-0.15, -0.1) is 11.3 Å². The molecular weight excluding hydrogens is 262 g/mol. The van der Waals surface area contributed by atoms with E-state index in [9.17, 15) is 4.79 Å². The Kier molecular flexibility index (Phi) is 4.19. The summed E-state index contributed by atoms with van der Waals surface area (Å²) in [6.07, 6.45) is 3.16. The number of hydrogen-bond acceptors (Lipinski definition) is 5. The van der Waals surface area contributed by atoms with Crippen molar-refractivity contribution in [2.75, 3.05) is 31.3 Å². The second-order valence-corrected chi connectivity index (χ2v) is 5.85. The Morgan fingerprint density at radius 2 is 2.26 bits per heavy atom. The van der Waals surface area contributed by atoms with E-state index in [1.807, 2.05) is 7.05 Å². The first-order chi connectivity index (χ1) is 9.08. The number of nitrogen functional groups attached to an aromatic ring is 1. The second kappa shape index (κ2) is 5.69. The van der Waals surface area contributed by atoms with E-state index in [1.54, 1.807) is 7.11 Å². The topological polar surface area (TPSA) is 67.6 Å². The molecule has 0 atom stereocenters. The van der Waals surface area contributed by atoms with Gasteiger partial charge in [-0.1, -0.05) is 6.92 Å². The van der Waals surface area contributed by atoms with Crippen molar-refractivity contribution in [3.8, 4) is 5.75 Å². The monoisotopic (exact) mass is 283 g/mol. The van der Waals surface area contributed by atoms with Crippen LogP contribution in [0, 0.1) is 0 Å². The SMILES string of the molecule is CCCN(C)c1sc(C(=O)NC2CC2)c(N)c1OC. The van der Waals surface area contributed by atoms with Gasteiger partial charge in [0.15, 0.2) is 5.75 Å². The van der Waals surface area contributed by atoms with E-state index in [4.69, 9.17) is 10.5 Å². The number of nitrogens with one attached hydrogen (secondary N) is 1. The summed E-state index contributed by atoms with van der Waals surface area (Å²) in [7, 11) is 3.57. The van der Waals surface area contributed by atoms with E-state index in [1.165, 1.54) is 11.3 Å². The highest BCUT2D eigenvalue weighted by Gasteiger charge is 2.28. The highest BCUT2D eigenvalue weighted by molar-refractivity contribution is 7.19. The third kappa shape index (κ3) is 2.94. The minimum absolute atomic E-state index is 0.0838. The van der Waals surface area contributed by atoms with Crippen LogP contribution in [-0.4, -0.2) is 32.7 Å². The van der Waals surface area contributed by atoms with Crippen LogP contribution in [0.25, 0.3) is 0 Å². The summed E-state index contributed by atoms with van der Waals surface area (Å²) in [6.45, 7) is 3.01. The zero-order chi connectivity index (χ0) is 14.0. The molecule has 1 aromatic rings. The molecule has 1 amide bonds. The number of carbonyl (C=O) groups is 1. The number of anilines is 2. The predicted octanol–water partition coefficient (Wildman–Crippen LogP) is 2.08. The Hall–Kier alpha value is -1.43. The number of hydrogen-bond donors (Lipinski definition) is 2. The Morgan fingerprint density at radius 3 is 2.79 bits per heavy atom. The van der Waals surface area contributed by atoms with Crippen molar-refractivity contribution in [2.24, 2.45) is 0 Å². The highest BCUT2D eigenvalue weighted by atomic mass is 32.1. The molecule has 0 saturated heterocycles. The molecule has 19 heavy (non-hydrogen) atoms. The average Bonchev–Trinajstić information content (AvgIpc) is 3.11. The number of ether oxygens (including phenoxy) is 1. The van der Waals surface area contributed by atoms with Gasteiger partial charge in [0.05, 0.1) is 7.11 Å². The molecule has 106 valence electrons. The van der Waals surface area contributed by atoms with Gasteiger partial charge in [0.25, 0.3) is 5.91 Å². The number of nitrogens with zero attached hydrogens (tertiary/aromatic N) is 1. The molecule has 6 heteroatoms. The molecule has 1 aliphatic carbocycles. The van der Waals surface area contributed by atoms with Gasteiger partial charge in [-0.3, -0.25) is 4.79 Å². The van der Waals surface area contributed by atoms with E-state index >= 15 is 0 Å². The normalized spacial score (nSPS) is 14.3. The maximum absolute atomic E-state index is 12.1. The van der Waals surface area contributed by atoms with Gasteiger partial charge >= 0.3 is 0 Å². The molecule has 5 nitrogen and oxygen atoms in total. The van der Waals surface area contributed by atoms with Crippen molar-refractivity contribution in [2.45, 2.75) is 32.2 Å². The van der Waals surface area contributed by atoms with Gasteiger partial charge < -0.3 is 20.7 Å². The first kappa shape index (κ1) is 14.0. The fourth-order valence-corrected chi connectivity index (χ4v) is 3.03. The molecule has 0 aliphatic heterocycles. The molecule has 0 unspecified atom stereocenters. The van der Waals surface area contributed by atoms with Crippen LogP contribution in [0.15, 0.2) is 0 Å². The minimum Gasteiger partial charge on any atom is -0.492 e. The number of carbonyl (C=O) groups excluding carboxylic acids is 1. The molecule has 1 saturated carbocycles. The fourth-order valence-electron chi connectivity index (χ4n) is 1.95. The van der Waals surface area contributed by atoms with Crippen molar-refractivity contribution >= 4 is 27.9 Å². The lowest BCUT2D eigenvalue weighted by molar-refractivity contribution is 0.0956. The molecule has 0 radical (unpaired) electrons. The predicted molar refractivity (Wildman–Crippen MR) is 79.3 cm³/mol. The van der Waals surface area contributed by atoms with Crippen LogP contribution in [0.1, 0.15) is 35.9 Å². The molecule has 0 aromatic carbocycles. The van der Waals surface area contributed by atoms with Gasteiger partial charge in [0, 0.05) is 19.6 Å². The van der Waals surface area contributed by atoms with E-state index in [-0.39, 0.29) is 5.91 Å². The van der Waals surface area contributed by atoms with Gasteiger partial charge in [-0.25, -0.2) is 0 Å². The smallest absolute Gasteiger partial charge is 0.263 e. The third-order valence-electron chi connectivity index (χ3n) is 3.11. The number of methoxy groups -OCH3 is 1. The van der Waals surface area contributed by atoms with Gasteiger partial charge in [-0.2, -0.15) is 0 Å². The molecule has 0 bridgehead atoms. The van der Waals surface area contributed by atoms with E-state index in [2.05, 4.69) is 17.1 Å². The van der Waals surface area contributed by atoms with E-state index in [0.29, 0.717) is 22.4 Å². The van der Waals surface area contributed by atoms with Crippen LogP contribution in [0.4, 0.5) is 10.7 Å². The zero-order valence-electron chi connectivity index (χ0n) is 11.7. The summed E-state index contributed by atoms with van der Waals surface area (Å²) in [5, 5.41) is 3.88. The van der Waals surface area contributed by atoms with Crippen molar-refractivity contribution in [3.05, 3.63) is 4.88 Å². The molecular formula is C13H21N3O2S. The summed E-state index contributed by atoms with van der Waals surface area (Å²) in [4.78, 5) is 14.8. The highest BCUT2D eigenvalue weighted by Crippen LogP contribution is 2.44. The molecule has 1 aliphatic rings. The Balaban J connectivity index is 2.26. The number of nitrogens with two attached hydrogens (primary N) is 1. The van der Waals surface area contributed by atoms with Crippen LogP contribution in [0.5, 0.6) is 5.75 Å². The van der Waals surface area contributed by atoms with E-state index < -0.39 is 0 Å². The standard InChI is InChI=1S/C13H21N3O2S/c1-4-7-16(2)13-10(18-3)9(14)11(19-13)12(17)15-8-5-6-8/h8H,4-7,14H2,1-3H3,(H,15,17). The summed E-state index contributed by atoms with van der Waals surface area (Å²) in [5.41, 5.74) is 6.49. The lowest BCUT2D eigenvalue weighted by atomic mass is 10.3. The van der Waals surface area contributed by atoms with Crippen molar-refractivity contribution < 1.29 is 9.53 Å². The fraction of sp³-hybridized carbons (Fsp3) is 0.615. The summed E-state index contributed by atoms with van der Waals surface area (Å²) >= 11 is 1.40. The maximum atomic E-state index is 12.1. The van der Waals surface area contributed by atoms with Crippen molar-refractivity contribution in [3.63, 3.8) is 0 Å². The first-order valence-corrected chi connectivity index (χ1v) is 7.38. The third-order valence-corrected chi connectivity index (χ3v) is 4.41. The average molecular weight is 283 g/mol. The number of thiophene rings is 1. The Labute approximate surface area is 117 Å².